The second-order valence-electron chi connectivity index (χ2n) is 13.5. The lowest BCUT2D eigenvalue weighted by Crippen LogP contribution is -2.29. The van der Waals surface area contributed by atoms with E-state index >= 15 is 0 Å². The summed E-state index contributed by atoms with van der Waals surface area (Å²) in [6, 6.07) is 0. The number of ether oxygens (including phenoxy) is 2. The van der Waals surface area contributed by atoms with E-state index in [4.69, 9.17) is 24.3 Å². The van der Waals surface area contributed by atoms with Crippen LogP contribution >= 0.6 is 7.82 Å². The number of hydrogen-bond donors (Lipinski definition) is 2. The van der Waals surface area contributed by atoms with Crippen LogP contribution in [0.1, 0.15) is 168 Å². The lowest BCUT2D eigenvalue weighted by atomic mass is 10.0. The number of nitrogens with two attached hydrogens (primary N) is 1. The lowest BCUT2D eigenvalue weighted by Gasteiger charge is -2.19. The summed E-state index contributed by atoms with van der Waals surface area (Å²) in [5, 5.41) is 0. The average Bonchev–Trinajstić information content (AvgIpc) is 3.14. The molecule has 0 amide bonds. The molecule has 10 heteroatoms. The van der Waals surface area contributed by atoms with Gasteiger partial charge in [0.2, 0.25) is 0 Å². The molecule has 0 saturated heterocycles. The fourth-order valence-corrected chi connectivity index (χ4v) is 6.13. The Bertz CT molecular complexity index is 1050. The lowest BCUT2D eigenvalue weighted by molar-refractivity contribution is -0.161. The zero-order valence-corrected chi connectivity index (χ0v) is 34.4. The molecule has 0 aromatic heterocycles. The van der Waals surface area contributed by atoms with Crippen LogP contribution in [0.4, 0.5) is 0 Å². The second-order valence-corrected chi connectivity index (χ2v) is 14.9. The number of carbonyl (C=O) groups is 2. The van der Waals surface area contributed by atoms with Crippen LogP contribution in [0.2, 0.25) is 0 Å². The Hall–Kier alpha value is -2.29. The minimum Gasteiger partial charge on any atom is -0.462 e. The molecule has 0 saturated carbocycles. The fraction of sp³-hybridized carbons (Fsp3) is 0.721. The Kier molecular flexibility index (Phi) is 37.7. The third-order valence-electron chi connectivity index (χ3n) is 8.42. The number of esters is 2. The van der Waals surface area contributed by atoms with Crippen LogP contribution in [0.5, 0.6) is 0 Å². The fourth-order valence-electron chi connectivity index (χ4n) is 5.37. The number of phosphoric ester groups is 1. The highest BCUT2D eigenvalue weighted by molar-refractivity contribution is 7.47. The van der Waals surface area contributed by atoms with E-state index < -0.39 is 32.5 Å². The third-order valence-corrected chi connectivity index (χ3v) is 9.40. The van der Waals surface area contributed by atoms with Crippen molar-refractivity contribution in [3.63, 3.8) is 0 Å². The van der Waals surface area contributed by atoms with Crippen molar-refractivity contribution in [2.75, 3.05) is 26.4 Å². The molecule has 1 unspecified atom stereocenters. The summed E-state index contributed by atoms with van der Waals surface area (Å²) in [7, 11) is -4.38. The second kappa shape index (κ2) is 39.4. The first kappa shape index (κ1) is 50.7. The van der Waals surface area contributed by atoms with Gasteiger partial charge in [0.25, 0.3) is 0 Å². The standard InChI is InChI=1S/C43H76NO8P/c1-3-5-7-9-11-13-15-17-18-19-20-21-22-24-25-27-29-31-33-35-42(45)49-39-41(40-51-53(47,48)50-38-37-44)52-43(46)36-34-32-30-28-26-23-16-14-12-10-8-6-4-2/h5,7,11,13,17-18,20-21,24-25,41H,3-4,6,8-10,12,14-16,19,22-23,26-40,44H2,1-2H3,(H,47,48)/t41-/m1/s1. The third kappa shape index (κ3) is 39.2. The van der Waals surface area contributed by atoms with E-state index in [1.54, 1.807) is 0 Å². The molecule has 0 aromatic carbocycles. The monoisotopic (exact) mass is 766 g/mol. The van der Waals surface area contributed by atoms with Crippen LogP contribution in [0, 0.1) is 0 Å². The molecule has 0 aromatic rings. The van der Waals surface area contributed by atoms with Crippen LogP contribution in [0.25, 0.3) is 0 Å². The van der Waals surface area contributed by atoms with Gasteiger partial charge in [0.1, 0.15) is 6.61 Å². The topological polar surface area (TPSA) is 134 Å². The van der Waals surface area contributed by atoms with E-state index in [1.807, 2.05) is 0 Å². The maximum Gasteiger partial charge on any atom is 0.472 e. The molecule has 0 spiro atoms. The summed E-state index contributed by atoms with van der Waals surface area (Å²) in [5.41, 5.74) is 5.34. The largest absolute Gasteiger partial charge is 0.472 e. The van der Waals surface area contributed by atoms with E-state index in [2.05, 4.69) is 74.6 Å². The zero-order chi connectivity index (χ0) is 38.9. The van der Waals surface area contributed by atoms with Crippen molar-refractivity contribution in [3.8, 4) is 0 Å². The summed E-state index contributed by atoms with van der Waals surface area (Å²) in [6.45, 7) is 3.57. The first-order valence-electron chi connectivity index (χ1n) is 20.8. The van der Waals surface area contributed by atoms with Gasteiger partial charge in [-0.1, -0.05) is 158 Å². The van der Waals surface area contributed by atoms with Crippen LogP contribution in [0.15, 0.2) is 60.8 Å². The Morgan fingerprint density at radius 1 is 0.585 bits per heavy atom. The van der Waals surface area contributed by atoms with Crippen LogP contribution in [0.3, 0.4) is 0 Å². The molecule has 2 atom stereocenters. The average molecular weight is 766 g/mol. The number of rotatable bonds is 38. The maximum absolute atomic E-state index is 12.5. The quantitative estimate of drug-likeness (QED) is 0.0272. The highest BCUT2D eigenvalue weighted by atomic mass is 31.2. The zero-order valence-electron chi connectivity index (χ0n) is 33.5. The summed E-state index contributed by atoms with van der Waals surface area (Å²) >= 11 is 0. The smallest absolute Gasteiger partial charge is 0.462 e. The minimum atomic E-state index is -4.38. The van der Waals surface area contributed by atoms with E-state index in [1.165, 1.54) is 57.8 Å². The number of hydrogen-bond acceptors (Lipinski definition) is 8. The van der Waals surface area contributed by atoms with Gasteiger partial charge >= 0.3 is 19.8 Å². The molecular weight excluding hydrogens is 689 g/mol. The Morgan fingerprint density at radius 3 is 1.55 bits per heavy atom. The summed E-state index contributed by atoms with van der Waals surface area (Å²) < 4.78 is 32.7. The van der Waals surface area contributed by atoms with Crippen molar-refractivity contribution in [1.82, 2.24) is 0 Å². The predicted octanol–water partition coefficient (Wildman–Crippen LogP) is 11.7. The Labute approximate surface area is 323 Å². The molecule has 0 rings (SSSR count). The molecule has 0 fully saturated rings. The first-order chi connectivity index (χ1) is 25.8. The van der Waals surface area contributed by atoms with E-state index in [0.29, 0.717) is 12.8 Å². The SMILES string of the molecule is CCC=CCC=CCC=CCC=CCC=CCCCCCC(=O)OC[C@H](COP(=O)(O)OCCN)OC(=O)CCCCCCCCCCCCCCC. The summed E-state index contributed by atoms with van der Waals surface area (Å²) in [4.78, 5) is 34.8. The van der Waals surface area contributed by atoms with Gasteiger partial charge in [-0.3, -0.25) is 18.6 Å². The van der Waals surface area contributed by atoms with Crippen LogP contribution in [-0.4, -0.2) is 49.3 Å². The molecule has 0 aliphatic heterocycles. The van der Waals surface area contributed by atoms with Crippen molar-refractivity contribution in [2.24, 2.45) is 5.73 Å². The number of unbranched alkanes of at least 4 members (excludes halogenated alkanes) is 15. The van der Waals surface area contributed by atoms with Crippen molar-refractivity contribution < 1.29 is 37.6 Å². The van der Waals surface area contributed by atoms with E-state index in [9.17, 15) is 19.0 Å². The number of phosphoric acid groups is 1. The van der Waals surface area contributed by atoms with Crippen molar-refractivity contribution in [1.29, 1.82) is 0 Å². The predicted molar refractivity (Wildman–Crippen MR) is 219 cm³/mol. The molecule has 3 N–H and O–H groups in total. The van der Waals surface area contributed by atoms with Crippen LogP contribution < -0.4 is 5.73 Å². The Balaban J connectivity index is 4.24. The van der Waals surface area contributed by atoms with E-state index in [-0.39, 0.29) is 32.6 Å². The molecule has 306 valence electrons. The molecular formula is C43H76NO8P. The normalized spacial score (nSPS) is 14.0. The van der Waals surface area contributed by atoms with Crippen molar-refractivity contribution >= 4 is 19.8 Å². The summed E-state index contributed by atoms with van der Waals surface area (Å²) in [5.74, 6) is -0.868. The molecule has 53 heavy (non-hydrogen) atoms. The van der Waals surface area contributed by atoms with Gasteiger partial charge in [-0.2, -0.15) is 0 Å². The maximum atomic E-state index is 12.5. The van der Waals surface area contributed by atoms with Gasteiger partial charge in [0, 0.05) is 19.4 Å². The number of carbonyl (C=O) groups excluding carboxylic acids is 2. The highest BCUT2D eigenvalue weighted by Crippen LogP contribution is 2.43. The Morgan fingerprint density at radius 2 is 1.04 bits per heavy atom. The highest BCUT2D eigenvalue weighted by Gasteiger charge is 2.25. The molecule has 0 aliphatic carbocycles. The molecule has 0 bridgehead atoms. The van der Waals surface area contributed by atoms with Crippen molar-refractivity contribution in [3.05, 3.63) is 60.8 Å². The molecule has 9 nitrogen and oxygen atoms in total. The number of allylic oxidation sites excluding steroid dienone is 10. The van der Waals surface area contributed by atoms with Gasteiger partial charge in [-0.05, 0) is 57.8 Å². The van der Waals surface area contributed by atoms with Gasteiger partial charge in [-0.15, -0.1) is 0 Å². The van der Waals surface area contributed by atoms with Gasteiger partial charge in [0.05, 0.1) is 13.2 Å². The minimum absolute atomic E-state index is 0.0470. The van der Waals surface area contributed by atoms with Gasteiger partial charge < -0.3 is 20.1 Å². The van der Waals surface area contributed by atoms with Gasteiger partial charge in [0.15, 0.2) is 6.10 Å². The summed E-state index contributed by atoms with van der Waals surface area (Å²) in [6.07, 6.45) is 45.3. The van der Waals surface area contributed by atoms with Gasteiger partial charge in [-0.25, -0.2) is 4.57 Å². The first-order valence-corrected chi connectivity index (χ1v) is 22.3. The van der Waals surface area contributed by atoms with Crippen molar-refractivity contribution in [2.45, 2.75) is 174 Å². The van der Waals surface area contributed by atoms with E-state index in [0.717, 1.165) is 70.6 Å². The molecule has 0 heterocycles. The van der Waals surface area contributed by atoms with Crippen LogP contribution in [-0.2, 0) is 32.7 Å². The molecule has 0 radical (unpaired) electrons. The molecule has 0 aliphatic rings.